The smallest absolute Gasteiger partial charge is 0.276 e. The van der Waals surface area contributed by atoms with Crippen molar-refractivity contribution in [1.82, 2.24) is 14.6 Å². The van der Waals surface area contributed by atoms with Crippen LogP contribution in [-0.4, -0.2) is 39.7 Å². The highest BCUT2D eigenvalue weighted by Gasteiger charge is 2.31. The Kier molecular flexibility index (Phi) is 4.30. The van der Waals surface area contributed by atoms with Crippen LogP contribution in [0.3, 0.4) is 0 Å². The normalized spacial score (nSPS) is 18.2. The lowest BCUT2D eigenvalue weighted by Gasteiger charge is -2.31. The van der Waals surface area contributed by atoms with Gasteiger partial charge in [-0.15, -0.1) is 0 Å². The van der Waals surface area contributed by atoms with Crippen molar-refractivity contribution in [2.75, 3.05) is 13.1 Å². The molecule has 0 aromatic carbocycles. The number of aryl methyl sites for hydroxylation is 1. The Balaban J connectivity index is 1.34. The molecular formula is C19H23N3O4. The van der Waals surface area contributed by atoms with Crippen molar-refractivity contribution in [2.45, 2.75) is 44.6 Å². The number of pyridine rings is 1. The quantitative estimate of drug-likeness (QED) is 0.839. The third-order valence-electron chi connectivity index (χ3n) is 5.24. The van der Waals surface area contributed by atoms with Gasteiger partial charge in [0, 0.05) is 56.7 Å². The highest BCUT2D eigenvalue weighted by atomic mass is 16.5. The van der Waals surface area contributed by atoms with Crippen LogP contribution in [0.2, 0.25) is 0 Å². The highest BCUT2D eigenvalue weighted by Crippen LogP contribution is 2.40. The third-order valence-corrected chi connectivity index (χ3v) is 5.24. The summed E-state index contributed by atoms with van der Waals surface area (Å²) in [6.45, 7) is 3.10. The molecule has 2 fully saturated rings. The van der Waals surface area contributed by atoms with E-state index in [2.05, 4.69) is 5.16 Å². The number of carbonyl (C=O) groups excluding carboxylic acids is 1. The van der Waals surface area contributed by atoms with Gasteiger partial charge in [-0.1, -0.05) is 5.16 Å². The van der Waals surface area contributed by atoms with Gasteiger partial charge in [0.05, 0.1) is 0 Å². The molecule has 3 heterocycles. The maximum Gasteiger partial charge on any atom is 0.276 e. The summed E-state index contributed by atoms with van der Waals surface area (Å²) >= 11 is 0. The molecule has 0 atom stereocenters. The van der Waals surface area contributed by atoms with Crippen molar-refractivity contribution >= 4 is 5.91 Å². The first-order chi connectivity index (χ1) is 12.5. The van der Waals surface area contributed by atoms with E-state index >= 15 is 0 Å². The van der Waals surface area contributed by atoms with E-state index in [4.69, 9.17) is 9.26 Å². The molecular weight excluding hydrogens is 334 g/mol. The topological polar surface area (TPSA) is 77.6 Å². The van der Waals surface area contributed by atoms with Gasteiger partial charge in [-0.3, -0.25) is 9.59 Å². The van der Waals surface area contributed by atoms with Gasteiger partial charge in [-0.2, -0.15) is 0 Å². The molecule has 0 N–H and O–H groups in total. The number of nitrogens with zero attached hydrogens (tertiary/aromatic N) is 3. The molecule has 1 amide bonds. The molecule has 0 radical (unpaired) electrons. The number of likely N-dealkylation sites (tertiary alicyclic amines) is 1. The third kappa shape index (κ3) is 3.38. The van der Waals surface area contributed by atoms with E-state index in [0.29, 0.717) is 30.5 Å². The van der Waals surface area contributed by atoms with E-state index < -0.39 is 0 Å². The van der Waals surface area contributed by atoms with Crippen molar-refractivity contribution in [2.24, 2.45) is 7.05 Å². The van der Waals surface area contributed by atoms with E-state index in [1.165, 1.54) is 6.07 Å². The first-order valence-electron chi connectivity index (χ1n) is 9.11. The summed E-state index contributed by atoms with van der Waals surface area (Å²) in [5.74, 6) is 1.79. The predicted molar refractivity (Wildman–Crippen MR) is 94.5 cm³/mol. The van der Waals surface area contributed by atoms with Crippen molar-refractivity contribution < 1.29 is 14.1 Å². The van der Waals surface area contributed by atoms with E-state index in [0.717, 1.165) is 37.1 Å². The fourth-order valence-corrected chi connectivity index (χ4v) is 3.29. The van der Waals surface area contributed by atoms with Gasteiger partial charge in [0.25, 0.3) is 11.5 Å². The lowest BCUT2D eigenvalue weighted by atomic mass is 10.1. The van der Waals surface area contributed by atoms with Gasteiger partial charge < -0.3 is 18.7 Å². The Bertz CT molecular complexity index is 873. The van der Waals surface area contributed by atoms with Gasteiger partial charge in [0.15, 0.2) is 5.69 Å². The summed E-state index contributed by atoms with van der Waals surface area (Å²) in [7, 11) is 1.74. The van der Waals surface area contributed by atoms with Crippen LogP contribution in [0.25, 0.3) is 0 Å². The number of hydrogen-bond donors (Lipinski definition) is 0. The van der Waals surface area contributed by atoms with E-state index in [9.17, 15) is 9.59 Å². The Morgan fingerprint density at radius 2 is 1.92 bits per heavy atom. The molecule has 4 rings (SSSR count). The summed E-state index contributed by atoms with van der Waals surface area (Å²) < 4.78 is 12.8. The van der Waals surface area contributed by atoms with Crippen LogP contribution in [0.15, 0.2) is 27.5 Å². The number of amides is 1. The van der Waals surface area contributed by atoms with Crippen LogP contribution in [0.4, 0.5) is 0 Å². The molecule has 2 aliphatic rings. The molecule has 1 aliphatic heterocycles. The van der Waals surface area contributed by atoms with Crippen molar-refractivity contribution in [3.8, 4) is 5.75 Å². The van der Waals surface area contributed by atoms with E-state index in [1.807, 2.05) is 13.0 Å². The monoisotopic (exact) mass is 357 g/mol. The van der Waals surface area contributed by atoms with Gasteiger partial charge >= 0.3 is 0 Å². The van der Waals surface area contributed by atoms with Gasteiger partial charge in [0.2, 0.25) is 0 Å². The summed E-state index contributed by atoms with van der Waals surface area (Å²) in [4.78, 5) is 26.2. The molecule has 1 aliphatic carbocycles. The first-order valence-corrected chi connectivity index (χ1v) is 9.11. The minimum Gasteiger partial charge on any atom is -0.490 e. The Morgan fingerprint density at radius 1 is 1.19 bits per heavy atom. The van der Waals surface area contributed by atoms with E-state index in [-0.39, 0.29) is 17.6 Å². The minimum atomic E-state index is -0.0801. The zero-order chi connectivity index (χ0) is 18.3. The average molecular weight is 357 g/mol. The van der Waals surface area contributed by atoms with Gasteiger partial charge in [-0.25, -0.2) is 0 Å². The van der Waals surface area contributed by atoms with Crippen LogP contribution >= 0.6 is 0 Å². The number of rotatable bonds is 4. The Morgan fingerprint density at radius 3 is 2.58 bits per heavy atom. The van der Waals surface area contributed by atoms with Crippen LogP contribution in [0.5, 0.6) is 5.75 Å². The lowest BCUT2D eigenvalue weighted by molar-refractivity contribution is 0.0585. The standard InChI is InChI=1S/C19H23N3O4/c1-12-9-15(10-18(23)21(12)2)25-14-5-7-22(8-6-14)19(24)16-11-17(26-20-16)13-3-4-13/h9-11,13-14H,3-8H2,1-2H3. The molecule has 2 aromatic heterocycles. The molecule has 0 bridgehead atoms. The molecule has 26 heavy (non-hydrogen) atoms. The summed E-state index contributed by atoms with van der Waals surface area (Å²) in [5.41, 5.74) is 1.18. The zero-order valence-electron chi connectivity index (χ0n) is 15.1. The molecule has 0 unspecified atom stereocenters. The fraction of sp³-hybridized carbons (Fsp3) is 0.526. The maximum absolute atomic E-state index is 12.6. The van der Waals surface area contributed by atoms with Crippen LogP contribution in [0.1, 0.15) is 53.5 Å². The fourth-order valence-electron chi connectivity index (χ4n) is 3.29. The van der Waals surface area contributed by atoms with Crippen molar-refractivity contribution in [3.63, 3.8) is 0 Å². The highest BCUT2D eigenvalue weighted by molar-refractivity contribution is 5.92. The number of hydrogen-bond acceptors (Lipinski definition) is 5. The number of carbonyl (C=O) groups is 1. The molecule has 1 saturated carbocycles. The van der Waals surface area contributed by atoms with Crippen LogP contribution in [-0.2, 0) is 7.05 Å². The lowest BCUT2D eigenvalue weighted by Crippen LogP contribution is -2.42. The molecule has 0 spiro atoms. The maximum atomic E-state index is 12.6. The first kappa shape index (κ1) is 16.9. The number of aromatic nitrogens is 2. The molecule has 2 aromatic rings. The Hall–Kier alpha value is -2.57. The predicted octanol–water partition coefficient (Wildman–Crippen LogP) is 2.24. The van der Waals surface area contributed by atoms with Gasteiger partial charge in [-0.05, 0) is 25.8 Å². The number of piperidine rings is 1. The second-order valence-corrected chi connectivity index (χ2v) is 7.23. The Labute approximate surface area is 151 Å². The largest absolute Gasteiger partial charge is 0.490 e. The summed E-state index contributed by atoms with van der Waals surface area (Å²) in [6.07, 6.45) is 3.70. The summed E-state index contributed by atoms with van der Waals surface area (Å²) in [6, 6.07) is 5.16. The van der Waals surface area contributed by atoms with Crippen LogP contribution in [0, 0.1) is 6.92 Å². The SMILES string of the molecule is Cc1cc(OC2CCN(C(=O)c3cc(C4CC4)on3)CC2)cc(=O)n1C. The second kappa shape index (κ2) is 6.63. The second-order valence-electron chi connectivity index (χ2n) is 7.23. The summed E-state index contributed by atoms with van der Waals surface area (Å²) in [5, 5.41) is 3.93. The molecule has 7 heteroatoms. The molecule has 138 valence electrons. The molecule has 7 nitrogen and oxygen atoms in total. The minimum absolute atomic E-state index is 0.00453. The average Bonchev–Trinajstić information content (AvgIpc) is 3.37. The van der Waals surface area contributed by atoms with Crippen molar-refractivity contribution in [1.29, 1.82) is 0 Å². The van der Waals surface area contributed by atoms with Crippen LogP contribution < -0.4 is 10.3 Å². The number of ether oxygens (including phenoxy) is 1. The van der Waals surface area contributed by atoms with E-state index in [1.54, 1.807) is 22.6 Å². The van der Waals surface area contributed by atoms with Gasteiger partial charge in [0.1, 0.15) is 17.6 Å². The molecule has 1 saturated heterocycles. The van der Waals surface area contributed by atoms with Crippen molar-refractivity contribution in [3.05, 3.63) is 45.7 Å². The zero-order valence-corrected chi connectivity index (χ0v) is 15.1.